The van der Waals surface area contributed by atoms with Crippen LogP contribution >= 0.6 is 11.8 Å². The number of carboxylic acid groups (broad SMARTS) is 1. The Hall–Kier alpha value is -8.84. The van der Waals surface area contributed by atoms with Gasteiger partial charge in [0, 0.05) is 50.0 Å². The molecule has 0 bridgehead atoms. The van der Waals surface area contributed by atoms with E-state index in [2.05, 4.69) is 52.5 Å². The van der Waals surface area contributed by atoms with Gasteiger partial charge in [-0.2, -0.15) is 11.8 Å². The third kappa shape index (κ3) is 28.1. The summed E-state index contributed by atoms with van der Waals surface area (Å²) >= 11 is 1.39. The molecule has 4 rings (SSSR count). The minimum absolute atomic E-state index is 0.0356. The molecule has 0 saturated carbocycles. The summed E-state index contributed by atoms with van der Waals surface area (Å²) in [6.45, 7) is 7.80. The average Bonchev–Trinajstić information content (AvgIpc) is 1.77. The van der Waals surface area contributed by atoms with E-state index >= 15 is 4.79 Å². The van der Waals surface area contributed by atoms with Crippen LogP contribution in [0.4, 0.5) is 0 Å². The summed E-state index contributed by atoms with van der Waals surface area (Å²) in [6.07, 6.45) is 7.07. The fourth-order valence-corrected chi connectivity index (χ4v) is 11.6. The Balaban J connectivity index is 1.66. The van der Waals surface area contributed by atoms with Crippen molar-refractivity contribution in [1.82, 2.24) is 52.4 Å². The summed E-state index contributed by atoms with van der Waals surface area (Å²) in [5.41, 5.74) is 37.0. The number of aromatic nitrogens is 1. The Morgan fingerprint density at radius 2 is 0.980 bits per heavy atom. The van der Waals surface area contributed by atoms with Gasteiger partial charge in [0.15, 0.2) is 5.96 Å². The van der Waals surface area contributed by atoms with Crippen LogP contribution in [-0.4, -0.2) is 191 Å². The van der Waals surface area contributed by atoms with Crippen LogP contribution in [0.15, 0.2) is 90.1 Å². The van der Waals surface area contributed by atoms with E-state index in [4.69, 9.17) is 34.4 Å². The highest BCUT2D eigenvalue weighted by Gasteiger charge is 2.39. The number of carbonyl (C=O) groups is 10. The van der Waals surface area contributed by atoms with Gasteiger partial charge in [0.05, 0.1) is 6.04 Å². The molecule has 0 aliphatic rings. The number of aliphatic imine (C=N–C) groups is 1. The number of hydrogen-bond acceptors (Lipinski definition) is 17. The number of amides is 9. The van der Waals surface area contributed by atoms with Crippen molar-refractivity contribution in [2.75, 3.05) is 45.2 Å². The van der Waals surface area contributed by atoms with Crippen molar-refractivity contribution in [3.8, 4) is 5.75 Å². The molecule has 3 aromatic carbocycles. The lowest BCUT2D eigenvalue weighted by Gasteiger charge is -2.33. The molecule has 0 fully saturated rings. The van der Waals surface area contributed by atoms with E-state index in [1.54, 1.807) is 76.4 Å². The van der Waals surface area contributed by atoms with Crippen LogP contribution in [0.3, 0.4) is 0 Å². The van der Waals surface area contributed by atoms with E-state index in [-0.39, 0.29) is 69.6 Å². The molecule has 0 aliphatic carbocycles. The molecule has 29 nitrogen and oxygen atoms in total. The number of thioether (sulfide) groups is 1. The molecule has 9 amide bonds. The molecular weight excluding hydrogens is 1290 g/mol. The molecule has 30 heteroatoms. The normalized spacial score (nSPS) is 14.3. The SMILES string of the molecule is CSCC[C@H](NC(=O)[C@@H](NC(=O)[C@@H](NC(=O)[C@H](Cc1ccc(O)cc1)NC(=O)[C@H](Cc1ccccc1)NC(=O)[C@H](CCCN=C(N)N)NC(=O)[C@H](N)CCCCN)C(C)C)C(C)C)C(=O)N[C@@H](Cc1c[nH]c2ccccc12)C(=O)N(C)[C@@H](CCCCN)C(=O)N[C@H](CCCCN)C(=O)O. The Kier molecular flexibility index (Phi) is 36.3. The van der Waals surface area contributed by atoms with Crippen LogP contribution < -0.4 is 76.9 Å². The van der Waals surface area contributed by atoms with E-state index in [1.165, 1.54) is 35.8 Å². The Labute approximate surface area is 584 Å². The first-order valence-corrected chi connectivity index (χ1v) is 35.3. The van der Waals surface area contributed by atoms with Crippen molar-refractivity contribution in [2.45, 2.75) is 184 Å². The molecule has 1 aromatic heterocycles. The zero-order chi connectivity index (χ0) is 73.1. The Morgan fingerprint density at radius 3 is 1.55 bits per heavy atom. The van der Waals surface area contributed by atoms with Gasteiger partial charge in [-0.3, -0.25) is 48.1 Å². The van der Waals surface area contributed by atoms with Crippen LogP contribution in [-0.2, 0) is 67.2 Å². The first-order valence-electron chi connectivity index (χ1n) is 33.9. The van der Waals surface area contributed by atoms with Gasteiger partial charge in [0.25, 0.3) is 0 Å². The van der Waals surface area contributed by atoms with Gasteiger partial charge < -0.3 is 97.0 Å². The number of guanidine groups is 1. The topological polar surface area (TPSA) is 495 Å². The predicted octanol–water partition coefficient (Wildman–Crippen LogP) is 0.524. The number of fused-ring (bicyclic) bond motifs is 1. The summed E-state index contributed by atoms with van der Waals surface area (Å²) < 4.78 is 0. The number of nitrogens with one attached hydrogen (secondary N) is 9. The zero-order valence-electron chi connectivity index (χ0n) is 57.9. The molecule has 0 radical (unpaired) electrons. The Bertz CT molecular complexity index is 3260. The number of phenols is 1. The zero-order valence-corrected chi connectivity index (χ0v) is 58.7. The summed E-state index contributed by atoms with van der Waals surface area (Å²) in [6, 6.07) is 9.19. The Morgan fingerprint density at radius 1 is 0.515 bits per heavy atom. The summed E-state index contributed by atoms with van der Waals surface area (Å²) in [5.74, 6) is -9.15. The number of nitrogens with two attached hydrogens (primary N) is 6. The number of unbranched alkanes of at least 4 members (excludes halogenated alkanes) is 3. The second-order valence-corrected chi connectivity index (χ2v) is 26.4. The van der Waals surface area contributed by atoms with Gasteiger partial charge in [-0.15, -0.1) is 0 Å². The van der Waals surface area contributed by atoms with Crippen molar-refractivity contribution in [3.05, 3.63) is 102 Å². The lowest BCUT2D eigenvalue weighted by molar-refractivity contribution is -0.145. The molecule has 0 saturated heterocycles. The second kappa shape index (κ2) is 43.5. The number of hydrogen-bond donors (Lipinski definition) is 17. The van der Waals surface area contributed by atoms with Gasteiger partial charge in [-0.05, 0) is 149 Å². The number of para-hydroxylation sites is 1. The first-order chi connectivity index (χ1) is 47.2. The van der Waals surface area contributed by atoms with E-state index < -0.39 is 131 Å². The highest BCUT2D eigenvalue weighted by Crippen LogP contribution is 2.22. The number of phenolic OH excluding ortho intramolecular Hbond substituents is 1. The van der Waals surface area contributed by atoms with Crippen molar-refractivity contribution >= 4 is 87.8 Å². The van der Waals surface area contributed by atoms with Gasteiger partial charge in [-0.25, -0.2) is 4.79 Å². The second-order valence-electron chi connectivity index (χ2n) is 25.4. The summed E-state index contributed by atoms with van der Waals surface area (Å²) in [7, 11) is 1.41. The van der Waals surface area contributed by atoms with Crippen molar-refractivity contribution < 1.29 is 58.2 Å². The van der Waals surface area contributed by atoms with Crippen LogP contribution in [0.5, 0.6) is 5.75 Å². The number of aromatic hydroxyl groups is 1. The fourth-order valence-electron chi connectivity index (χ4n) is 11.1. The summed E-state index contributed by atoms with van der Waals surface area (Å²) in [5, 5.41) is 43.2. The van der Waals surface area contributed by atoms with Crippen LogP contribution in [0.1, 0.15) is 121 Å². The molecule has 0 aliphatic heterocycles. The number of carbonyl (C=O) groups excluding carboxylic acids is 9. The highest BCUT2D eigenvalue weighted by atomic mass is 32.2. The van der Waals surface area contributed by atoms with Gasteiger partial charge in [-0.1, -0.05) is 94.8 Å². The van der Waals surface area contributed by atoms with Crippen LogP contribution in [0, 0.1) is 11.8 Å². The molecule has 99 heavy (non-hydrogen) atoms. The number of H-pyrrole nitrogens is 1. The predicted molar refractivity (Wildman–Crippen MR) is 383 cm³/mol. The minimum Gasteiger partial charge on any atom is -0.508 e. The maximum atomic E-state index is 15.0. The van der Waals surface area contributed by atoms with E-state index in [1.807, 2.05) is 30.5 Å². The number of likely N-dealkylation sites (N-methyl/N-ethyl adjacent to an activating group) is 1. The number of carboxylic acids is 1. The van der Waals surface area contributed by atoms with E-state index in [9.17, 15) is 53.4 Å². The van der Waals surface area contributed by atoms with Crippen molar-refractivity contribution in [2.24, 2.45) is 51.2 Å². The lowest BCUT2D eigenvalue weighted by atomic mass is 9.98. The van der Waals surface area contributed by atoms with Crippen LogP contribution in [0.25, 0.3) is 10.9 Å². The number of aliphatic carboxylic acids is 1. The minimum atomic E-state index is -1.45. The quantitative estimate of drug-likeness (QED) is 0.0163. The standard InChI is InChI=1S/C69H107N17O12S/c1-41(2)57(65(94)79-51(31-36-99-6)61(90)83-55(39-45-40-77-49-23-11-10-21-47(45)49)67(96)86(5)56(26-14-17-34-72)64(93)80-52(68(97)98)24-13-16-33-71)85-66(95)58(42(3)4)84-63(92)54(38-44-27-29-46(87)30-28-44)82-62(91)53(37-43-19-8-7-9-20-43)81-60(89)50(25-18-35-76-69(74)75)78-59(88)48(73)22-12-15-32-70/h7-11,19-21,23,27-30,40-42,48,50-58,77,87H,12-18,22,24-26,31-39,70-73H2,1-6H3,(H,78,88)(H,79,94)(H,80,93)(H,81,89)(H,82,91)(H,83,90)(H,84,92)(H,85,95)(H,97,98)(H4,74,75,76)/t48-,50+,51+,52-,53+,54+,55+,56+,57+,58+/m1/s1. The maximum absolute atomic E-state index is 15.0. The highest BCUT2D eigenvalue weighted by molar-refractivity contribution is 7.98. The molecule has 0 unspecified atom stereocenters. The van der Waals surface area contributed by atoms with E-state index in [0.29, 0.717) is 87.0 Å². The lowest BCUT2D eigenvalue weighted by Crippen LogP contribution is -2.62. The molecule has 1 heterocycles. The monoisotopic (exact) mass is 1400 g/mol. The molecule has 10 atom stereocenters. The van der Waals surface area contributed by atoms with Crippen LogP contribution in [0.2, 0.25) is 0 Å². The third-order valence-corrected chi connectivity index (χ3v) is 17.5. The number of nitrogens with zero attached hydrogens (tertiary/aromatic N) is 2. The molecule has 4 aromatic rings. The smallest absolute Gasteiger partial charge is 0.326 e. The molecule has 23 N–H and O–H groups in total. The van der Waals surface area contributed by atoms with Gasteiger partial charge in [0.2, 0.25) is 53.2 Å². The molecule has 0 spiro atoms. The first kappa shape index (κ1) is 82.6. The molecular formula is C69H107N17O12S. The largest absolute Gasteiger partial charge is 0.508 e. The number of rotatable bonds is 46. The van der Waals surface area contributed by atoms with Crippen molar-refractivity contribution in [1.29, 1.82) is 0 Å². The van der Waals surface area contributed by atoms with Gasteiger partial charge in [0.1, 0.15) is 60.1 Å². The average molecular weight is 1400 g/mol. The van der Waals surface area contributed by atoms with E-state index in [0.717, 1.165) is 10.9 Å². The van der Waals surface area contributed by atoms with Gasteiger partial charge >= 0.3 is 5.97 Å². The fraction of sp³-hybridized carbons (Fsp3) is 0.551. The number of benzene rings is 3. The van der Waals surface area contributed by atoms with Crippen molar-refractivity contribution in [3.63, 3.8) is 0 Å². The molecule has 546 valence electrons. The number of aromatic amines is 1. The third-order valence-electron chi connectivity index (χ3n) is 16.9. The maximum Gasteiger partial charge on any atom is 0.326 e. The summed E-state index contributed by atoms with van der Waals surface area (Å²) in [4.78, 5) is 152.